The summed E-state index contributed by atoms with van der Waals surface area (Å²) in [5, 5.41) is 18.7. The zero-order valence-corrected chi connectivity index (χ0v) is 11.3. The average molecular weight is 265 g/mol. The molecule has 0 aliphatic heterocycles. The van der Waals surface area contributed by atoms with E-state index in [9.17, 15) is 4.79 Å². The fourth-order valence-corrected chi connectivity index (χ4v) is 2.07. The van der Waals surface area contributed by atoms with E-state index in [0.717, 1.165) is 0 Å². The number of aromatic amines is 1. The molecule has 1 unspecified atom stereocenters. The molecule has 19 heavy (non-hydrogen) atoms. The maximum atomic E-state index is 11.5. The summed E-state index contributed by atoms with van der Waals surface area (Å²) in [5.74, 6) is 1.60. The molecule has 7 heteroatoms. The van der Waals surface area contributed by atoms with Crippen molar-refractivity contribution in [3.63, 3.8) is 0 Å². The SMILES string of the molecule is Cc1nc(NC(CCO)C(C)C)cc2n[nH]c(=O)n12. The van der Waals surface area contributed by atoms with Gasteiger partial charge in [-0.1, -0.05) is 13.8 Å². The Morgan fingerprint density at radius 1 is 1.53 bits per heavy atom. The van der Waals surface area contributed by atoms with E-state index in [0.29, 0.717) is 29.6 Å². The summed E-state index contributed by atoms with van der Waals surface area (Å²) in [4.78, 5) is 15.8. The summed E-state index contributed by atoms with van der Waals surface area (Å²) in [6, 6.07) is 1.85. The summed E-state index contributed by atoms with van der Waals surface area (Å²) in [5.41, 5.74) is 0.244. The van der Waals surface area contributed by atoms with Gasteiger partial charge >= 0.3 is 5.69 Å². The molecule has 0 aromatic carbocycles. The molecule has 0 fully saturated rings. The summed E-state index contributed by atoms with van der Waals surface area (Å²) in [6.45, 7) is 6.04. The lowest BCUT2D eigenvalue weighted by Crippen LogP contribution is -2.27. The number of rotatable bonds is 5. The fourth-order valence-electron chi connectivity index (χ4n) is 2.07. The Balaban J connectivity index is 2.32. The number of H-pyrrole nitrogens is 1. The number of aromatic nitrogens is 4. The number of aliphatic hydroxyl groups excluding tert-OH is 1. The van der Waals surface area contributed by atoms with Gasteiger partial charge in [-0.25, -0.2) is 19.3 Å². The maximum Gasteiger partial charge on any atom is 0.349 e. The molecule has 2 aromatic rings. The zero-order valence-electron chi connectivity index (χ0n) is 11.3. The summed E-state index contributed by atoms with van der Waals surface area (Å²) in [7, 11) is 0. The minimum absolute atomic E-state index is 0.124. The van der Waals surface area contributed by atoms with Crippen LogP contribution in [0.1, 0.15) is 26.1 Å². The summed E-state index contributed by atoms with van der Waals surface area (Å²) >= 11 is 0. The second-order valence-corrected chi connectivity index (χ2v) is 4.92. The second kappa shape index (κ2) is 5.40. The number of nitrogens with one attached hydrogen (secondary N) is 2. The van der Waals surface area contributed by atoms with E-state index in [2.05, 4.69) is 34.3 Å². The van der Waals surface area contributed by atoms with Crippen molar-refractivity contribution >= 4 is 11.5 Å². The van der Waals surface area contributed by atoms with Crippen LogP contribution in [0.2, 0.25) is 0 Å². The predicted octanol–water partition coefficient (Wildman–Crippen LogP) is 0.545. The Morgan fingerprint density at radius 2 is 2.26 bits per heavy atom. The summed E-state index contributed by atoms with van der Waals surface area (Å²) in [6.07, 6.45) is 0.650. The quantitative estimate of drug-likeness (QED) is 0.733. The van der Waals surface area contributed by atoms with E-state index >= 15 is 0 Å². The highest BCUT2D eigenvalue weighted by Crippen LogP contribution is 2.14. The van der Waals surface area contributed by atoms with Crippen LogP contribution in [0.15, 0.2) is 10.9 Å². The van der Waals surface area contributed by atoms with Gasteiger partial charge in [0.05, 0.1) is 0 Å². The molecule has 1 atom stereocenters. The molecule has 2 heterocycles. The molecule has 3 N–H and O–H groups in total. The molecule has 0 amide bonds. The Bertz CT molecular complexity index is 616. The van der Waals surface area contributed by atoms with Gasteiger partial charge in [-0.2, -0.15) is 5.10 Å². The van der Waals surface area contributed by atoms with Crippen LogP contribution < -0.4 is 11.0 Å². The first-order chi connectivity index (χ1) is 9.02. The van der Waals surface area contributed by atoms with Gasteiger partial charge in [0.2, 0.25) is 0 Å². The van der Waals surface area contributed by atoms with E-state index in [1.54, 1.807) is 13.0 Å². The number of hydrogen-bond acceptors (Lipinski definition) is 5. The van der Waals surface area contributed by atoms with Gasteiger partial charge < -0.3 is 10.4 Å². The largest absolute Gasteiger partial charge is 0.396 e. The van der Waals surface area contributed by atoms with Gasteiger partial charge in [-0.3, -0.25) is 0 Å². The highest BCUT2D eigenvalue weighted by Gasteiger charge is 2.14. The van der Waals surface area contributed by atoms with E-state index < -0.39 is 0 Å². The first-order valence-electron chi connectivity index (χ1n) is 6.35. The minimum Gasteiger partial charge on any atom is -0.396 e. The molecule has 0 radical (unpaired) electrons. The second-order valence-electron chi connectivity index (χ2n) is 4.92. The number of aliphatic hydroxyl groups is 1. The van der Waals surface area contributed by atoms with Gasteiger partial charge in [0.15, 0.2) is 5.65 Å². The molecular formula is C12H19N5O2. The lowest BCUT2D eigenvalue weighted by molar-refractivity contribution is 0.267. The lowest BCUT2D eigenvalue weighted by Gasteiger charge is -2.22. The molecule has 0 aliphatic carbocycles. The van der Waals surface area contributed by atoms with Crippen molar-refractivity contribution in [2.24, 2.45) is 5.92 Å². The Labute approximate surface area is 110 Å². The highest BCUT2D eigenvalue weighted by atomic mass is 16.3. The van der Waals surface area contributed by atoms with Gasteiger partial charge in [-0.05, 0) is 19.3 Å². The number of aryl methyl sites for hydroxylation is 1. The zero-order chi connectivity index (χ0) is 14.0. The van der Waals surface area contributed by atoms with Crippen molar-refractivity contribution in [1.29, 1.82) is 0 Å². The first-order valence-corrected chi connectivity index (χ1v) is 6.35. The minimum atomic E-state index is -0.290. The molecule has 2 aromatic heterocycles. The molecular weight excluding hydrogens is 246 g/mol. The fraction of sp³-hybridized carbons (Fsp3) is 0.583. The van der Waals surface area contributed by atoms with E-state index in [1.165, 1.54) is 4.40 Å². The Hall–Kier alpha value is -1.89. The van der Waals surface area contributed by atoms with E-state index in [1.807, 2.05) is 0 Å². The van der Waals surface area contributed by atoms with Crippen molar-refractivity contribution in [3.05, 3.63) is 22.4 Å². The lowest BCUT2D eigenvalue weighted by atomic mass is 10.0. The van der Waals surface area contributed by atoms with Crippen molar-refractivity contribution in [1.82, 2.24) is 19.6 Å². The molecule has 0 spiro atoms. The molecule has 2 rings (SSSR count). The van der Waals surface area contributed by atoms with Crippen LogP contribution in [0.5, 0.6) is 0 Å². The first kappa shape index (κ1) is 13.5. The molecule has 0 saturated heterocycles. The van der Waals surface area contributed by atoms with Crippen molar-refractivity contribution in [3.8, 4) is 0 Å². The highest BCUT2D eigenvalue weighted by molar-refractivity contribution is 5.50. The van der Waals surface area contributed by atoms with Crippen LogP contribution in [0, 0.1) is 12.8 Å². The monoisotopic (exact) mass is 265 g/mol. The average Bonchev–Trinajstić information content (AvgIpc) is 2.70. The normalized spacial score (nSPS) is 13.1. The molecule has 104 valence electrons. The molecule has 0 aliphatic rings. The Morgan fingerprint density at radius 3 is 2.89 bits per heavy atom. The predicted molar refractivity (Wildman–Crippen MR) is 72.3 cm³/mol. The molecule has 0 bridgehead atoms. The van der Waals surface area contributed by atoms with Gasteiger partial charge in [0, 0.05) is 18.7 Å². The van der Waals surface area contributed by atoms with Gasteiger partial charge in [-0.15, -0.1) is 0 Å². The standard InChI is InChI=1S/C12H19N5O2/c1-7(2)9(4-5-18)14-10-6-11-15-16-12(19)17(11)8(3)13-10/h6-7,9,14,18H,4-5H2,1-3H3,(H,16,19). The van der Waals surface area contributed by atoms with Crippen LogP contribution in [0.4, 0.5) is 5.82 Å². The van der Waals surface area contributed by atoms with Crippen LogP contribution in [-0.4, -0.2) is 37.3 Å². The molecule has 0 saturated carbocycles. The van der Waals surface area contributed by atoms with E-state index in [4.69, 9.17) is 5.11 Å². The van der Waals surface area contributed by atoms with Crippen molar-refractivity contribution < 1.29 is 5.11 Å². The van der Waals surface area contributed by atoms with Gasteiger partial charge in [0.1, 0.15) is 11.6 Å². The van der Waals surface area contributed by atoms with Crippen molar-refractivity contribution in [2.45, 2.75) is 33.2 Å². The smallest absolute Gasteiger partial charge is 0.349 e. The van der Waals surface area contributed by atoms with E-state index in [-0.39, 0.29) is 18.3 Å². The maximum absolute atomic E-state index is 11.5. The Kier molecular flexibility index (Phi) is 3.84. The third-order valence-electron chi connectivity index (χ3n) is 3.15. The van der Waals surface area contributed by atoms with Gasteiger partial charge in [0.25, 0.3) is 0 Å². The number of hydrogen-bond donors (Lipinski definition) is 3. The number of anilines is 1. The topological polar surface area (TPSA) is 95.3 Å². The number of fused-ring (bicyclic) bond motifs is 1. The molecule has 7 nitrogen and oxygen atoms in total. The van der Waals surface area contributed by atoms with Crippen LogP contribution >= 0.6 is 0 Å². The third-order valence-corrected chi connectivity index (χ3v) is 3.15. The summed E-state index contributed by atoms with van der Waals surface area (Å²) < 4.78 is 1.42. The van der Waals surface area contributed by atoms with Crippen LogP contribution in [0.3, 0.4) is 0 Å². The third kappa shape index (κ3) is 2.76. The number of nitrogens with zero attached hydrogens (tertiary/aromatic N) is 3. The van der Waals surface area contributed by atoms with Crippen LogP contribution in [0.25, 0.3) is 5.65 Å². The van der Waals surface area contributed by atoms with Crippen molar-refractivity contribution in [2.75, 3.05) is 11.9 Å². The van der Waals surface area contributed by atoms with Crippen LogP contribution in [-0.2, 0) is 0 Å².